The second kappa shape index (κ2) is 7.96. The molecular formula is C24H30ClNO2. The Hall–Kier alpha value is -1.71. The first-order chi connectivity index (χ1) is 13.3. The molecule has 3 aliphatic rings. The molecule has 0 aromatic heterocycles. The molecule has 3 nitrogen and oxygen atoms in total. The van der Waals surface area contributed by atoms with E-state index in [0.29, 0.717) is 17.2 Å². The van der Waals surface area contributed by atoms with Gasteiger partial charge in [0.25, 0.3) is 0 Å². The van der Waals surface area contributed by atoms with Crippen molar-refractivity contribution in [3.05, 3.63) is 59.7 Å². The van der Waals surface area contributed by atoms with E-state index in [4.69, 9.17) is 4.74 Å². The van der Waals surface area contributed by atoms with Crippen molar-refractivity contribution in [1.29, 1.82) is 0 Å². The van der Waals surface area contributed by atoms with Crippen LogP contribution in [-0.4, -0.2) is 35.7 Å². The first kappa shape index (κ1) is 19.6. The van der Waals surface area contributed by atoms with E-state index in [1.54, 1.807) is 0 Å². The Labute approximate surface area is 174 Å². The summed E-state index contributed by atoms with van der Waals surface area (Å²) in [5.74, 6) is 2.13. The summed E-state index contributed by atoms with van der Waals surface area (Å²) >= 11 is 0. The van der Waals surface area contributed by atoms with Gasteiger partial charge in [0.05, 0.1) is 0 Å². The van der Waals surface area contributed by atoms with Gasteiger partial charge in [0.15, 0.2) is 0 Å². The van der Waals surface area contributed by atoms with Crippen molar-refractivity contribution < 1.29 is 9.84 Å². The molecule has 1 aliphatic heterocycles. The molecule has 0 spiro atoms. The molecule has 1 N–H and O–H groups in total. The standard InChI is InChI=1S/C24H29NO2.ClH/c26-19-10-9-18-16-23-21-8-4-5-11-24(21,22(18)17-19)12-13-25(23)14-15-27-20-6-2-1-3-7-20;/h1-3,6-7,9-10,17,21,23,26H,4-5,8,11-16H2;1H/t21-,23+,24+;/m0./s1. The number of phenols is 1. The number of nitrogens with zero attached hydrogens (tertiary/aromatic N) is 1. The van der Waals surface area contributed by atoms with Crippen LogP contribution < -0.4 is 4.74 Å². The van der Waals surface area contributed by atoms with Gasteiger partial charge in [-0.2, -0.15) is 0 Å². The summed E-state index contributed by atoms with van der Waals surface area (Å²) in [5.41, 5.74) is 3.22. The van der Waals surface area contributed by atoms with Crippen LogP contribution in [0.5, 0.6) is 11.5 Å². The van der Waals surface area contributed by atoms with Gasteiger partial charge in [0, 0.05) is 18.0 Å². The third-order valence-electron chi connectivity index (χ3n) is 7.33. The highest BCUT2D eigenvalue weighted by Gasteiger charge is 2.53. The lowest BCUT2D eigenvalue weighted by Crippen LogP contribution is -2.61. The minimum absolute atomic E-state index is 0. The SMILES string of the molecule is Cl.Oc1ccc2c(c1)[C@@]13CCCC[C@H]1[C@@H](C2)N(CCOc1ccccc1)CC3. The summed E-state index contributed by atoms with van der Waals surface area (Å²) < 4.78 is 5.99. The summed E-state index contributed by atoms with van der Waals surface area (Å²) in [7, 11) is 0. The maximum absolute atomic E-state index is 10.1. The summed E-state index contributed by atoms with van der Waals surface area (Å²) in [4.78, 5) is 2.69. The van der Waals surface area contributed by atoms with Crippen LogP contribution in [0.3, 0.4) is 0 Å². The highest BCUT2D eigenvalue weighted by molar-refractivity contribution is 5.85. The zero-order chi connectivity index (χ0) is 18.3. The number of para-hydroxylation sites is 1. The van der Waals surface area contributed by atoms with E-state index in [-0.39, 0.29) is 12.4 Å². The second-order valence-electron chi connectivity index (χ2n) is 8.57. The zero-order valence-electron chi connectivity index (χ0n) is 16.3. The molecule has 28 heavy (non-hydrogen) atoms. The second-order valence-corrected chi connectivity index (χ2v) is 8.57. The number of likely N-dealkylation sites (tertiary alicyclic amines) is 1. The first-order valence-electron chi connectivity index (χ1n) is 10.5. The molecule has 2 bridgehead atoms. The van der Waals surface area contributed by atoms with E-state index in [0.717, 1.165) is 37.8 Å². The van der Waals surface area contributed by atoms with E-state index < -0.39 is 0 Å². The number of phenolic OH excluding ortho intramolecular Hbond substituents is 1. The van der Waals surface area contributed by atoms with Gasteiger partial charge in [0.2, 0.25) is 0 Å². The Morgan fingerprint density at radius 1 is 1.07 bits per heavy atom. The normalized spacial score (nSPS) is 28.6. The topological polar surface area (TPSA) is 32.7 Å². The minimum Gasteiger partial charge on any atom is -0.508 e. The fourth-order valence-electron chi connectivity index (χ4n) is 6.15. The molecule has 1 saturated carbocycles. The van der Waals surface area contributed by atoms with Gasteiger partial charge in [-0.25, -0.2) is 0 Å². The molecule has 4 heteroatoms. The Balaban J connectivity index is 0.00000192. The molecule has 0 unspecified atom stereocenters. The predicted octanol–water partition coefficient (Wildman–Crippen LogP) is 4.95. The van der Waals surface area contributed by atoms with E-state index in [9.17, 15) is 5.11 Å². The molecular weight excluding hydrogens is 370 g/mol. The fraction of sp³-hybridized carbons (Fsp3) is 0.500. The van der Waals surface area contributed by atoms with Gasteiger partial charge in [0.1, 0.15) is 18.1 Å². The van der Waals surface area contributed by atoms with Crippen molar-refractivity contribution in [2.45, 2.75) is 50.0 Å². The maximum Gasteiger partial charge on any atom is 0.119 e. The Morgan fingerprint density at radius 2 is 1.93 bits per heavy atom. The summed E-state index contributed by atoms with van der Waals surface area (Å²) in [6.45, 7) is 2.90. The van der Waals surface area contributed by atoms with Gasteiger partial charge >= 0.3 is 0 Å². The van der Waals surface area contributed by atoms with Gasteiger partial charge in [-0.05, 0) is 73.5 Å². The number of hydrogen-bond acceptors (Lipinski definition) is 3. The molecule has 0 radical (unpaired) electrons. The highest BCUT2D eigenvalue weighted by Crippen LogP contribution is 2.56. The van der Waals surface area contributed by atoms with Gasteiger partial charge in [-0.1, -0.05) is 37.1 Å². The van der Waals surface area contributed by atoms with Crippen LogP contribution >= 0.6 is 12.4 Å². The molecule has 5 rings (SSSR count). The lowest BCUT2D eigenvalue weighted by molar-refractivity contribution is -0.0162. The van der Waals surface area contributed by atoms with E-state index in [1.807, 2.05) is 36.4 Å². The van der Waals surface area contributed by atoms with Crippen molar-refractivity contribution in [3.63, 3.8) is 0 Å². The lowest BCUT2D eigenvalue weighted by Gasteiger charge is -2.59. The Bertz CT molecular complexity index is 812. The largest absolute Gasteiger partial charge is 0.508 e. The molecule has 0 amide bonds. The van der Waals surface area contributed by atoms with Crippen molar-refractivity contribution in [2.24, 2.45) is 5.92 Å². The highest BCUT2D eigenvalue weighted by atomic mass is 35.5. The smallest absolute Gasteiger partial charge is 0.119 e. The number of piperidine rings is 1. The molecule has 1 saturated heterocycles. The number of rotatable bonds is 4. The van der Waals surface area contributed by atoms with Crippen LogP contribution in [0, 0.1) is 5.92 Å². The van der Waals surface area contributed by atoms with E-state index >= 15 is 0 Å². The summed E-state index contributed by atoms with van der Waals surface area (Å²) in [6.07, 6.45) is 7.64. The third-order valence-corrected chi connectivity index (χ3v) is 7.33. The van der Waals surface area contributed by atoms with Crippen LogP contribution in [0.2, 0.25) is 0 Å². The summed E-state index contributed by atoms with van der Waals surface area (Å²) in [6, 6.07) is 16.9. The monoisotopic (exact) mass is 399 g/mol. The number of ether oxygens (including phenoxy) is 1. The van der Waals surface area contributed by atoms with Crippen LogP contribution in [0.4, 0.5) is 0 Å². The molecule has 1 heterocycles. The number of fused-ring (bicyclic) bond motifs is 1. The third kappa shape index (κ3) is 3.29. The van der Waals surface area contributed by atoms with Gasteiger partial charge < -0.3 is 9.84 Å². The van der Waals surface area contributed by atoms with Crippen LogP contribution in [0.1, 0.15) is 43.2 Å². The zero-order valence-corrected chi connectivity index (χ0v) is 17.2. The van der Waals surface area contributed by atoms with Crippen LogP contribution in [0.15, 0.2) is 48.5 Å². The minimum atomic E-state index is 0. The molecule has 2 aromatic carbocycles. The fourth-order valence-corrected chi connectivity index (χ4v) is 6.15. The number of aromatic hydroxyl groups is 1. The molecule has 150 valence electrons. The number of hydrogen-bond donors (Lipinski definition) is 1. The first-order valence-corrected chi connectivity index (χ1v) is 10.5. The average Bonchev–Trinajstić information content (AvgIpc) is 2.71. The summed E-state index contributed by atoms with van der Waals surface area (Å²) in [5, 5.41) is 10.1. The molecule has 2 fully saturated rings. The van der Waals surface area contributed by atoms with E-state index in [1.165, 1.54) is 43.2 Å². The molecule has 2 aliphatic carbocycles. The Morgan fingerprint density at radius 3 is 2.79 bits per heavy atom. The average molecular weight is 400 g/mol. The van der Waals surface area contributed by atoms with Crippen molar-refractivity contribution in [3.8, 4) is 11.5 Å². The van der Waals surface area contributed by atoms with Crippen molar-refractivity contribution in [1.82, 2.24) is 4.90 Å². The van der Waals surface area contributed by atoms with E-state index in [2.05, 4.69) is 17.0 Å². The maximum atomic E-state index is 10.1. The van der Waals surface area contributed by atoms with Crippen LogP contribution in [-0.2, 0) is 11.8 Å². The van der Waals surface area contributed by atoms with Gasteiger partial charge in [-0.15, -0.1) is 12.4 Å². The van der Waals surface area contributed by atoms with Crippen molar-refractivity contribution >= 4 is 12.4 Å². The quantitative estimate of drug-likeness (QED) is 0.789. The Kier molecular flexibility index (Phi) is 5.57. The van der Waals surface area contributed by atoms with Crippen molar-refractivity contribution in [2.75, 3.05) is 19.7 Å². The van der Waals surface area contributed by atoms with Crippen LogP contribution in [0.25, 0.3) is 0 Å². The lowest BCUT2D eigenvalue weighted by atomic mass is 9.52. The number of benzene rings is 2. The number of halogens is 1. The van der Waals surface area contributed by atoms with Gasteiger partial charge in [-0.3, -0.25) is 4.90 Å². The molecule has 3 atom stereocenters. The predicted molar refractivity (Wildman–Crippen MR) is 115 cm³/mol. The molecule has 2 aromatic rings.